The van der Waals surface area contributed by atoms with Crippen LogP contribution in [-0.4, -0.2) is 9.97 Å². The van der Waals surface area contributed by atoms with Gasteiger partial charge in [-0.1, -0.05) is 179 Å². The molecule has 2 nitrogen and oxygen atoms in total. The van der Waals surface area contributed by atoms with E-state index in [4.69, 9.17) is 9.97 Å². The largest absolute Gasteiger partial charge is 0.248 e. The Kier molecular flexibility index (Phi) is 10.6. The smallest absolute Gasteiger partial charge is 0.0788 e. The van der Waals surface area contributed by atoms with Crippen molar-refractivity contribution in [2.75, 3.05) is 0 Å². The number of fused-ring (bicyclic) bond motifs is 12. The molecule has 0 saturated heterocycles. The topological polar surface area (TPSA) is 25.8 Å². The predicted molar refractivity (Wildman–Crippen MR) is 262 cm³/mol. The van der Waals surface area contributed by atoms with Crippen molar-refractivity contribution in [3.63, 3.8) is 0 Å². The number of hydrogen-bond donors (Lipinski definition) is 0. The van der Waals surface area contributed by atoms with Crippen LogP contribution in [0.4, 0.5) is 0 Å². The summed E-state index contributed by atoms with van der Waals surface area (Å²) in [5.74, 6) is 0. The molecular formula is C59H50N2. The predicted octanol–water partition coefficient (Wildman–Crippen LogP) is 15.9. The van der Waals surface area contributed by atoms with Crippen molar-refractivity contribution < 1.29 is 0 Å². The maximum atomic E-state index is 5.42. The molecule has 3 aliphatic rings. The van der Waals surface area contributed by atoms with E-state index in [1.807, 2.05) is 52.0 Å². The summed E-state index contributed by atoms with van der Waals surface area (Å²) in [5, 5.41) is 3.56. The van der Waals surface area contributed by atoms with Crippen LogP contribution in [0.25, 0.3) is 71.9 Å². The first-order valence-electron chi connectivity index (χ1n) is 21.6. The minimum absolute atomic E-state index is 0.362. The number of allylic oxidation sites excluding steroid dienone is 14. The number of para-hydroxylation sites is 1. The second-order valence-corrected chi connectivity index (χ2v) is 15.5. The van der Waals surface area contributed by atoms with Crippen molar-refractivity contribution in [2.24, 2.45) is 0 Å². The lowest BCUT2D eigenvalue weighted by Crippen LogP contribution is -2.27. The number of nitrogens with zero attached hydrogens (tertiary/aromatic N) is 2. The van der Waals surface area contributed by atoms with Gasteiger partial charge in [-0.05, 0) is 129 Å². The fourth-order valence-electron chi connectivity index (χ4n) is 9.81. The highest BCUT2D eigenvalue weighted by atomic mass is 14.7. The van der Waals surface area contributed by atoms with Gasteiger partial charge < -0.3 is 0 Å². The molecule has 0 saturated carbocycles. The molecule has 3 aliphatic carbocycles. The molecule has 296 valence electrons. The van der Waals surface area contributed by atoms with Crippen molar-refractivity contribution in [2.45, 2.75) is 46.0 Å². The van der Waals surface area contributed by atoms with Crippen LogP contribution in [0, 0.1) is 0 Å². The highest BCUT2D eigenvalue weighted by Gasteiger charge is 2.52. The van der Waals surface area contributed by atoms with Gasteiger partial charge in [-0.25, -0.2) is 9.97 Å². The first-order valence-corrected chi connectivity index (χ1v) is 21.6. The van der Waals surface area contributed by atoms with Gasteiger partial charge in [-0.2, -0.15) is 0 Å². The highest BCUT2D eigenvalue weighted by molar-refractivity contribution is 6.14. The van der Waals surface area contributed by atoms with E-state index in [9.17, 15) is 0 Å². The average Bonchev–Trinajstić information content (AvgIpc) is 3.79. The quantitative estimate of drug-likeness (QED) is 0.113. The minimum Gasteiger partial charge on any atom is -0.248 e. The van der Waals surface area contributed by atoms with Gasteiger partial charge in [0.25, 0.3) is 0 Å². The number of rotatable bonds is 8. The molecule has 1 spiro atoms. The van der Waals surface area contributed by atoms with Crippen molar-refractivity contribution >= 4 is 38.4 Å². The molecule has 5 aromatic carbocycles. The Morgan fingerprint density at radius 3 is 2.05 bits per heavy atom. The molecule has 7 aromatic rings. The SMILES string of the molecule is C=C/C=C\C(=C/C)c1cc(-c2ccc(-c3nc4ccccc4c4cc5c(cc34)-c3ccccc3C53C4=C(CCC=C4)c4ccccc43)cc2)cc(/C(C=C)=C/C=C\C)n1.CC. The summed E-state index contributed by atoms with van der Waals surface area (Å²) < 4.78 is 0. The molecule has 0 radical (unpaired) electrons. The summed E-state index contributed by atoms with van der Waals surface area (Å²) in [6.07, 6.45) is 22.8. The number of hydrogen-bond acceptors (Lipinski definition) is 2. The number of pyridine rings is 2. The van der Waals surface area contributed by atoms with E-state index in [1.165, 1.54) is 55.3 Å². The standard InChI is InChI=1S/C57H44N2.C2H6/c1-5-9-19-37(7-3)54-33-41(34-55(58-54)38(8-4)20-10-6-2)39-29-31-40(32-30-39)56-48-35-47-44-23-13-17-27-51(44)57(52(47)36-46(48)45-24-14-18-28-53(45)59-56)49-25-15-11-21-42(49)43-22-12-16-26-50(43)57;1-2/h5-11,13-21,23-36H,1,4,12,22H2,2-3H3;1-2H3/b10-6-,19-9-,37-7+,38-20+;. The first-order chi connectivity index (χ1) is 30.1. The zero-order chi connectivity index (χ0) is 42.1. The van der Waals surface area contributed by atoms with Crippen LogP contribution >= 0.6 is 0 Å². The fraction of sp³-hybridized carbons (Fsp3) is 0.119. The van der Waals surface area contributed by atoms with Gasteiger partial charge in [0.2, 0.25) is 0 Å². The molecular weight excluding hydrogens is 737 g/mol. The maximum absolute atomic E-state index is 5.42. The normalized spacial score (nSPS) is 16.5. The molecule has 0 amide bonds. The third-order valence-corrected chi connectivity index (χ3v) is 12.4. The van der Waals surface area contributed by atoms with Crippen LogP contribution in [0.5, 0.6) is 0 Å². The summed E-state index contributed by atoms with van der Waals surface area (Å²) in [7, 11) is 0. The molecule has 1 unspecified atom stereocenters. The minimum atomic E-state index is -0.362. The van der Waals surface area contributed by atoms with Crippen LogP contribution in [-0.2, 0) is 5.41 Å². The zero-order valence-corrected chi connectivity index (χ0v) is 35.5. The van der Waals surface area contributed by atoms with Gasteiger partial charge in [0, 0.05) is 16.3 Å². The van der Waals surface area contributed by atoms with Crippen LogP contribution in [0.1, 0.15) is 74.2 Å². The molecule has 0 N–H and O–H groups in total. The van der Waals surface area contributed by atoms with Crippen molar-refractivity contribution in [3.8, 4) is 33.5 Å². The molecule has 2 heterocycles. The summed E-state index contributed by atoms with van der Waals surface area (Å²) in [5.41, 5.74) is 19.7. The second-order valence-electron chi connectivity index (χ2n) is 15.5. The Morgan fingerprint density at radius 1 is 0.623 bits per heavy atom. The average molecular weight is 787 g/mol. The van der Waals surface area contributed by atoms with Gasteiger partial charge in [-0.3, -0.25) is 0 Å². The fourth-order valence-corrected chi connectivity index (χ4v) is 9.81. The third-order valence-electron chi connectivity index (χ3n) is 12.4. The van der Waals surface area contributed by atoms with Gasteiger partial charge in [0.15, 0.2) is 0 Å². The van der Waals surface area contributed by atoms with Gasteiger partial charge in [0.05, 0.1) is 28.0 Å². The molecule has 10 rings (SSSR count). The van der Waals surface area contributed by atoms with E-state index in [0.29, 0.717) is 0 Å². The van der Waals surface area contributed by atoms with Gasteiger partial charge in [0.1, 0.15) is 0 Å². The maximum Gasteiger partial charge on any atom is 0.0788 e. The molecule has 0 fully saturated rings. The Bertz CT molecular complexity index is 3090. The van der Waals surface area contributed by atoms with Crippen molar-refractivity contribution in [1.29, 1.82) is 0 Å². The first kappa shape index (κ1) is 39.3. The zero-order valence-electron chi connectivity index (χ0n) is 35.5. The highest BCUT2D eigenvalue weighted by Crippen LogP contribution is 2.64. The van der Waals surface area contributed by atoms with E-state index in [1.54, 1.807) is 6.08 Å². The van der Waals surface area contributed by atoms with E-state index in [-0.39, 0.29) is 5.41 Å². The van der Waals surface area contributed by atoms with Crippen molar-refractivity contribution in [3.05, 3.63) is 234 Å². The van der Waals surface area contributed by atoms with Gasteiger partial charge in [-0.15, -0.1) is 0 Å². The van der Waals surface area contributed by atoms with E-state index >= 15 is 0 Å². The summed E-state index contributed by atoms with van der Waals surface area (Å²) in [6, 6.07) is 45.0. The van der Waals surface area contributed by atoms with E-state index < -0.39 is 0 Å². The molecule has 0 aliphatic heterocycles. The Labute approximate surface area is 360 Å². The number of aromatic nitrogens is 2. The molecule has 61 heavy (non-hydrogen) atoms. The lowest BCUT2D eigenvalue weighted by atomic mass is 9.69. The molecule has 2 aromatic heterocycles. The summed E-state index contributed by atoms with van der Waals surface area (Å²) in [6.45, 7) is 16.0. The monoisotopic (exact) mass is 786 g/mol. The molecule has 2 heteroatoms. The van der Waals surface area contributed by atoms with Crippen LogP contribution in [0.2, 0.25) is 0 Å². The summed E-state index contributed by atoms with van der Waals surface area (Å²) >= 11 is 0. The van der Waals surface area contributed by atoms with Gasteiger partial charge >= 0.3 is 0 Å². The number of benzene rings is 5. The second kappa shape index (κ2) is 16.5. The Balaban J connectivity index is 0.00000235. The summed E-state index contributed by atoms with van der Waals surface area (Å²) in [4.78, 5) is 10.5. The Morgan fingerprint density at radius 2 is 1.31 bits per heavy atom. The van der Waals surface area contributed by atoms with E-state index in [0.717, 1.165) is 68.7 Å². The van der Waals surface area contributed by atoms with Crippen molar-refractivity contribution in [1.82, 2.24) is 9.97 Å². The molecule has 1 atom stereocenters. The Hall–Kier alpha value is -7.16. The lowest BCUT2D eigenvalue weighted by molar-refractivity contribution is 0.781. The van der Waals surface area contributed by atoms with Crippen LogP contribution in [0.3, 0.4) is 0 Å². The third kappa shape index (κ3) is 6.33. The van der Waals surface area contributed by atoms with Crippen LogP contribution < -0.4 is 0 Å². The van der Waals surface area contributed by atoms with E-state index in [2.05, 4.69) is 165 Å². The lowest BCUT2D eigenvalue weighted by Gasteiger charge is -2.32. The molecule has 0 bridgehead atoms. The van der Waals surface area contributed by atoms with Crippen LogP contribution in [0.15, 0.2) is 201 Å².